The molecule has 1 aromatic carbocycles. The lowest BCUT2D eigenvalue weighted by atomic mass is 10.2. The van der Waals surface area contributed by atoms with Crippen LogP contribution in [0, 0.1) is 0 Å². The lowest BCUT2D eigenvalue weighted by molar-refractivity contribution is -0.139. The highest BCUT2D eigenvalue weighted by molar-refractivity contribution is 5.92. The second-order valence-corrected chi connectivity index (χ2v) is 7.36. The molecule has 4 N–H and O–H groups in total. The minimum atomic E-state index is -1.06. The number of carbonyl (C=O) groups is 1. The highest BCUT2D eigenvalue weighted by Crippen LogP contribution is 2.33. The molecule has 0 saturated carbocycles. The predicted molar refractivity (Wildman–Crippen MR) is 123 cm³/mol. The predicted octanol–water partition coefficient (Wildman–Crippen LogP) is 2.60. The third kappa shape index (κ3) is 6.08. The number of benzene rings is 1. The van der Waals surface area contributed by atoms with E-state index in [0.717, 1.165) is 42.7 Å². The molecule has 0 unspecified atom stereocenters. The topological polar surface area (TPSA) is 125 Å². The number of fused-ring (bicyclic) bond motifs is 1. The van der Waals surface area contributed by atoms with Gasteiger partial charge in [-0.1, -0.05) is 0 Å². The van der Waals surface area contributed by atoms with Crippen LogP contribution >= 0.6 is 0 Å². The van der Waals surface area contributed by atoms with Gasteiger partial charge in [-0.2, -0.15) is 0 Å². The Labute approximate surface area is 187 Å². The molecule has 3 aromatic rings. The molecule has 2 aromatic heterocycles. The van der Waals surface area contributed by atoms with E-state index in [1.807, 2.05) is 26.2 Å². The molecule has 2 heterocycles. The molecule has 0 amide bonds. The summed E-state index contributed by atoms with van der Waals surface area (Å²) in [5.41, 5.74) is 2.53. The molecule has 172 valence electrons. The number of aromatic nitrogens is 3. The Balaban J connectivity index is 1.84. The number of nitrogens with zero attached hydrogens (tertiary/aromatic N) is 3. The van der Waals surface area contributed by atoms with E-state index in [1.54, 1.807) is 12.1 Å². The van der Waals surface area contributed by atoms with E-state index < -0.39 is 12.6 Å². The monoisotopic (exact) mass is 442 g/mol. The summed E-state index contributed by atoms with van der Waals surface area (Å²) in [6.45, 7) is 4.53. The van der Waals surface area contributed by atoms with E-state index in [9.17, 15) is 4.79 Å². The summed E-state index contributed by atoms with van der Waals surface area (Å²) in [7, 11) is 4.04. The average molecular weight is 443 g/mol. The van der Waals surface area contributed by atoms with Gasteiger partial charge >= 0.3 is 5.97 Å². The first-order chi connectivity index (χ1) is 15.5. The fraction of sp³-hybridized carbons (Fsp3) is 0.409. The summed E-state index contributed by atoms with van der Waals surface area (Å²) in [6.07, 6.45) is 4.51. The van der Waals surface area contributed by atoms with Gasteiger partial charge in [-0.05, 0) is 58.2 Å². The molecule has 0 spiro atoms. The Hall–Kier alpha value is -3.37. The molecule has 0 atom stereocenters. The lowest BCUT2D eigenvalue weighted by Gasteiger charge is -2.17. The van der Waals surface area contributed by atoms with Crippen LogP contribution in [0.4, 0.5) is 11.5 Å². The molecule has 10 nitrogen and oxygen atoms in total. The maximum absolute atomic E-state index is 10.9. The van der Waals surface area contributed by atoms with Crippen molar-refractivity contribution in [2.24, 2.45) is 0 Å². The number of aromatic amines is 1. The van der Waals surface area contributed by atoms with Gasteiger partial charge in [0.1, 0.15) is 17.8 Å². The van der Waals surface area contributed by atoms with E-state index >= 15 is 0 Å². The normalized spacial score (nSPS) is 11.1. The van der Waals surface area contributed by atoms with Gasteiger partial charge < -0.3 is 35.1 Å². The van der Waals surface area contributed by atoms with Crippen molar-refractivity contribution < 1.29 is 19.4 Å². The van der Waals surface area contributed by atoms with Crippen molar-refractivity contribution in [2.45, 2.75) is 19.9 Å². The number of nitrogens with one attached hydrogen (secondary N) is 3. The van der Waals surface area contributed by atoms with Gasteiger partial charge in [0.2, 0.25) is 0 Å². The molecule has 0 aliphatic rings. The van der Waals surface area contributed by atoms with Crippen LogP contribution in [0.5, 0.6) is 11.5 Å². The van der Waals surface area contributed by atoms with Crippen LogP contribution in [0.25, 0.3) is 11.0 Å². The summed E-state index contributed by atoms with van der Waals surface area (Å²) >= 11 is 0. The number of aliphatic carboxylic acids is 1. The van der Waals surface area contributed by atoms with Gasteiger partial charge in [0.15, 0.2) is 18.1 Å². The van der Waals surface area contributed by atoms with E-state index in [0.29, 0.717) is 29.6 Å². The number of ether oxygens (including phenoxy) is 2. The first kappa shape index (κ1) is 23.3. The summed E-state index contributed by atoms with van der Waals surface area (Å²) in [4.78, 5) is 25.2. The van der Waals surface area contributed by atoms with Crippen molar-refractivity contribution in [1.29, 1.82) is 0 Å². The van der Waals surface area contributed by atoms with Gasteiger partial charge in [-0.3, -0.25) is 0 Å². The summed E-state index contributed by atoms with van der Waals surface area (Å²) in [6, 6.07) is 5.29. The Morgan fingerprint density at radius 2 is 2.09 bits per heavy atom. The van der Waals surface area contributed by atoms with Crippen LogP contribution in [-0.4, -0.2) is 71.3 Å². The standard InChI is InChI=1S/C22H30N6O4/c1-4-31-17-7-6-16(10-18(17)32-13-19(29)30)27-22-20-15(11-24-21(20)25-14-26-22)12-28(3)9-5-8-23-2/h6-7,10-11,14,23H,4-5,8-9,12-13H2,1-3H3,(H,29,30)(H2,24,25,26,27). The highest BCUT2D eigenvalue weighted by atomic mass is 16.5. The van der Waals surface area contributed by atoms with Crippen LogP contribution in [0.15, 0.2) is 30.7 Å². The van der Waals surface area contributed by atoms with Crippen molar-refractivity contribution in [3.63, 3.8) is 0 Å². The molecule has 32 heavy (non-hydrogen) atoms. The first-order valence-corrected chi connectivity index (χ1v) is 10.5. The molecular formula is C22H30N6O4. The zero-order valence-electron chi connectivity index (χ0n) is 18.6. The van der Waals surface area contributed by atoms with Crippen molar-refractivity contribution >= 4 is 28.5 Å². The molecule has 3 rings (SSSR count). The third-order valence-corrected chi connectivity index (χ3v) is 4.82. The molecule has 0 fully saturated rings. The van der Waals surface area contributed by atoms with Gasteiger partial charge in [0, 0.05) is 24.5 Å². The number of carboxylic acid groups (broad SMARTS) is 1. The second kappa shape index (κ2) is 11.3. The molecule has 0 saturated heterocycles. The Morgan fingerprint density at radius 1 is 1.25 bits per heavy atom. The van der Waals surface area contributed by atoms with Gasteiger partial charge in [0.25, 0.3) is 0 Å². The lowest BCUT2D eigenvalue weighted by Crippen LogP contribution is -2.22. The van der Waals surface area contributed by atoms with Crippen molar-refractivity contribution in [3.05, 3.63) is 36.3 Å². The molecule has 0 aliphatic carbocycles. The van der Waals surface area contributed by atoms with Gasteiger partial charge in [-0.15, -0.1) is 0 Å². The molecule has 10 heteroatoms. The van der Waals surface area contributed by atoms with E-state index in [-0.39, 0.29) is 0 Å². The summed E-state index contributed by atoms with van der Waals surface area (Å²) < 4.78 is 11.0. The maximum Gasteiger partial charge on any atom is 0.341 e. The minimum absolute atomic E-state index is 0.350. The van der Waals surface area contributed by atoms with Crippen LogP contribution in [0.2, 0.25) is 0 Å². The van der Waals surface area contributed by atoms with Crippen LogP contribution < -0.4 is 20.1 Å². The van der Waals surface area contributed by atoms with Crippen LogP contribution in [0.3, 0.4) is 0 Å². The molecular weight excluding hydrogens is 412 g/mol. The molecule has 0 radical (unpaired) electrons. The zero-order valence-corrected chi connectivity index (χ0v) is 18.6. The number of hydrogen-bond donors (Lipinski definition) is 4. The van der Waals surface area contributed by atoms with E-state index in [4.69, 9.17) is 14.6 Å². The number of carboxylic acids is 1. The number of rotatable bonds is 13. The maximum atomic E-state index is 10.9. The largest absolute Gasteiger partial charge is 0.490 e. The van der Waals surface area contributed by atoms with Crippen molar-refractivity contribution in [2.75, 3.05) is 45.7 Å². The zero-order chi connectivity index (χ0) is 22.9. The van der Waals surface area contributed by atoms with Gasteiger partial charge in [-0.25, -0.2) is 14.8 Å². The SMILES string of the molecule is CCOc1ccc(Nc2ncnc3[nH]cc(CN(C)CCCNC)c23)cc1OCC(=O)O. The van der Waals surface area contributed by atoms with E-state index in [1.165, 1.54) is 6.33 Å². The minimum Gasteiger partial charge on any atom is -0.490 e. The quantitative estimate of drug-likeness (QED) is 0.296. The first-order valence-electron chi connectivity index (χ1n) is 10.5. The number of H-pyrrole nitrogens is 1. The Bertz CT molecular complexity index is 1040. The molecule has 0 aliphatic heterocycles. The van der Waals surface area contributed by atoms with Crippen LogP contribution in [0.1, 0.15) is 18.9 Å². The Kier molecular flexibility index (Phi) is 8.23. The summed E-state index contributed by atoms with van der Waals surface area (Å²) in [5.74, 6) is 0.433. The average Bonchev–Trinajstić information content (AvgIpc) is 3.17. The van der Waals surface area contributed by atoms with E-state index in [2.05, 4.69) is 37.5 Å². The highest BCUT2D eigenvalue weighted by Gasteiger charge is 2.15. The number of anilines is 2. The fourth-order valence-corrected chi connectivity index (χ4v) is 3.39. The fourth-order valence-electron chi connectivity index (χ4n) is 3.39. The van der Waals surface area contributed by atoms with Crippen molar-refractivity contribution in [3.8, 4) is 11.5 Å². The smallest absolute Gasteiger partial charge is 0.341 e. The summed E-state index contributed by atoms with van der Waals surface area (Å²) in [5, 5.41) is 16.3. The van der Waals surface area contributed by atoms with Crippen molar-refractivity contribution in [1.82, 2.24) is 25.2 Å². The second-order valence-electron chi connectivity index (χ2n) is 7.36. The van der Waals surface area contributed by atoms with Crippen LogP contribution in [-0.2, 0) is 11.3 Å². The Morgan fingerprint density at radius 3 is 2.84 bits per heavy atom. The third-order valence-electron chi connectivity index (χ3n) is 4.82. The molecule has 0 bridgehead atoms. The number of hydrogen-bond acceptors (Lipinski definition) is 8. The van der Waals surface area contributed by atoms with Gasteiger partial charge in [0.05, 0.1) is 12.0 Å².